The van der Waals surface area contributed by atoms with Crippen LogP contribution in [0.15, 0.2) is 71.3 Å². The maximum Gasteiger partial charge on any atom is 0.165 e. The first-order valence-electron chi connectivity index (χ1n) is 26.9. The summed E-state index contributed by atoms with van der Waals surface area (Å²) >= 11 is 0. The molecule has 6 atom stereocenters. The Bertz CT molecular complexity index is 2630. The number of methoxy groups -OCH3 is 2. The van der Waals surface area contributed by atoms with Crippen LogP contribution in [-0.2, 0) is 14.4 Å². The molecule has 6 saturated carbocycles. The van der Waals surface area contributed by atoms with Crippen LogP contribution < -0.4 is 28.4 Å². The highest BCUT2D eigenvalue weighted by Gasteiger charge is 2.66. The van der Waals surface area contributed by atoms with Gasteiger partial charge in [0, 0.05) is 49.7 Å². The van der Waals surface area contributed by atoms with Gasteiger partial charge >= 0.3 is 0 Å². The van der Waals surface area contributed by atoms with Gasteiger partial charge in [0.15, 0.2) is 17.3 Å². The number of allylic oxidation sites excluding steroid dienone is 3. The summed E-state index contributed by atoms with van der Waals surface area (Å²) in [5, 5.41) is 0. The van der Waals surface area contributed by atoms with Gasteiger partial charge in [-0.3, -0.25) is 14.4 Å². The Kier molecular flexibility index (Phi) is 15.8. The lowest BCUT2D eigenvalue weighted by Crippen LogP contribution is -2.32. The van der Waals surface area contributed by atoms with Gasteiger partial charge in [-0.2, -0.15) is 0 Å². The largest absolute Gasteiger partial charge is 0.497 e. The second-order valence-corrected chi connectivity index (χ2v) is 23.3. The maximum atomic E-state index is 13.2. The summed E-state index contributed by atoms with van der Waals surface area (Å²) in [7, 11) is 3.29. The SMILES string of the molecule is CCCOc1ccc(OCCC)c(C=C2C(=O)C3(C)CCC2C3(C)C)c1.CCOc1ccc(OCC)c(C=C2C(=O)C3(C)CCC2C3(C)C)c1.COc1ccc(OC)c(C=C2C(=O)C3(C)CCC2C3(C)C)c1. The average Bonchev–Trinajstić information content (AvgIpc) is 3.97. The van der Waals surface area contributed by atoms with E-state index in [2.05, 4.69) is 82.2 Å². The summed E-state index contributed by atoms with van der Waals surface area (Å²) in [5.74, 6) is 6.78. The first kappa shape index (κ1) is 54.5. The molecule has 3 aromatic rings. The Morgan fingerprint density at radius 3 is 1.15 bits per heavy atom. The average molecular weight is 985 g/mol. The zero-order valence-electron chi connectivity index (χ0n) is 46.3. The molecular formula is C63H84O9. The van der Waals surface area contributed by atoms with E-state index < -0.39 is 0 Å². The van der Waals surface area contributed by atoms with E-state index in [4.69, 9.17) is 28.4 Å². The fraction of sp³-hybridized carbons (Fsp3) is 0.571. The minimum absolute atomic E-state index is 0.0245. The van der Waals surface area contributed by atoms with Gasteiger partial charge in [-0.25, -0.2) is 0 Å². The van der Waals surface area contributed by atoms with Gasteiger partial charge in [0.1, 0.15) is 34.5 Å². The minimum atomic E-state index is -0.232. The highest BCUT2D eigenvalue weighted by molar-refractivity contribution is 6.09. The summed E-state index contributed by atoms with van der Waals surface area (Å²) in [4.78, 5) is 39.1. The van der Waals surface area contributed by atoms with Crippen LogP contribution in [0.2, 0.25) is 0 Å². The molecule has 0 radical (unpaired) electrons. The first-order valence-corrected chi connectivity index (χ1v) is 26.9. The van der Waals surface area contributed by atoms with Crippen LogP contribution in [0.25, 0.3) is 18.2 Å². The number of fused-ring (bicyclic) bond motifs is 6. The van der Waals surface area contributed by atoms with Crippen molar-refractivity contribution in [3.63, 3.8) is 0 Å². The van der Waals surface area contributed by atoms with Crippen LogP contribution in [0.3, 0.4) is 0 Å². The third kappa shape index (κ3) is 9.22. The molecule has 0 aromatic heterocycles. The Labute approximate surface area is 431 Å². The van der Waals surface area contributed by atoms with Gasteiger partial charge in [-0.05, 0) is 172 Å². The Balaban J connectivity index is 0.000000159. The van der Waals surface area contributed by atoms with Crippen molar-refractivity contribution in [3.8, 4) is 34.5 Å². The van der Waals surface area contributed by atoms with Crippen molar-refractivity contribution in [2.45, 2.75) is 141 Å². The third-order valence-electron chi connectivity index (χ3n) is 19.0. The molecule has 6 aliphatic rings. The fourth-order valence-electron chi connectivity index (χ4n) is 13.2. The molecular weight excluding hydrogens is 901 g/mol. The summed E-state index contributed by atoms with van der Waals surface area (Å²) in [6.07, 6.45) is 14.3. The summed E-state index contributed by atoms with van der Waals surface area (Å²) < 4.78 is 33.9. The monoisotopic (exact) mass is 985 g/mol. The maximum absolute atomic E-state index is 13.2. The standard InChI is InChI=1S/C23H32O3.C21H28O3.C19H24O3/c1-6-12-25-17-8-9-20(26-13-7-2)16(14-17)15-18-19-10-11-23(5,21(18)24)22(19,3)4;1-6-23-15-8-9-18(24-7-2)14(12-15)13-16-17-10-11-21(5,19(16)22)20(17,3)4;1-18(2)15-8-9-19(18,3)17(20)14(15)11-12-10-13(21-4)6-7-16(12)22-5/h8-9,14-15,19H,6-7,10-13H2,1-5H3;8-9,12-13,17H,6-7,10-11H2,1-5H3;6-7,10-11,15H,8-9H2,1-5H3. The molecule has 3 aromatic carbocycles. The van der Waals surface area contributed by atoms with Crippen LogP contribution >= 0.6 is 0 Å². The van der Waals surface area contributed by atoms with Crippen LogP contribution in [0.4, 0.5) is 0 Å². The molecule has 0 amide bonds. The van der Waals surface area contributed by atoms with Crippen LogP contribution in [-0.4, -0.2) is 58.0 Å². The van der Waals surface area contributed by atoms with E-state index >= 15 is 0 Å². The molecule has 0 aliphatic heterocycles. The van der Waals surface area contributed by atoms with E-state index in [1.54, 1.807) is 14.2 Å². The van der Waals surface area contributed by atoms with Crippen LogP contribution in [0.5, 0.6) is 34.5 Å². The van der Waals surface area contributed by atoms with Gasteiger partial charge < -0.3 is 28.4 Å². The lowest BCUT2D eigenvalue weighted by molar-refractivity contribution is -0.126. The van der Waals surface area contributed by atoms with E-state index in [1.165, 1.54) is 0 Å². The molecule has 390 valence electrons. The third-order valence-corrected chi connectivity index (χ3v) is 19.0. The number of ether oxygens (including phenoxy) is 6. The smallest absolute Gasteiger partial charge is 0.165 e. The molecule has 6 aliphatic carbocycles. The van der Waals surface area contributed by atoms with Crippen molar-refractivity contribution in [2.24, 2.45) is 50.2 Å². The topological polar surface area (TPSA) is 107 Å². The fourth-order valence-corrected chi connectivity index (χ4v) is 13.2. The molecule has 0 saturated heterocycles. The number of carbonyl (C=O) groups excluding carboxylic acids is 3. The van der Waals surface area contributed by atoms with Gasteiger partial charge in [0.2, 0.25) is 0 Å². The summed E-state index contributed by atoms with van der Waals surface area (Å²) in [6, 6.07) is 17.5. The van der Waals surface area contributed by atoms with Crippen molar-refractivity contribution < 1.29 is 42.8 Å². The van der Waals surface area contributed by atoms with Crippen molar-refractivity contribution in [2.75, 3.05) is 40.6 Å². The summed E-state index contributed by atoms with van der Waals surface area (Å²) in [5.41, 5.74) is 5.09. The molecule has 0 N–H and O–H groups in total. The van der Waals surface area contributed by atoms with E-state index in [9.17, 15) is 14.4 Å². The lowest BCUT2D eigenvalue weighted by atomic mass is 9.70. The summed E-state index contributed by atoms with van der Waals surface area (Å²) in [6.45, 7) is 30.6. The quantitative estimate of drug-likeness (QED) is 0.138. The van der Waals surface area contributed by atoms with Crippen LogP contribution in [0.1, 0.15) is 158 Å². The number of carbonyl (C=O) groups is 3. The van der Waals surface area contributed by atoms with Crippen molar-refractivity contribution >= 4 is 35.6 Å². The van der Waals surface area contributed by atoms with E-state index in [1.807, 2.05) is 80.6 Å². The molecule has 6 fully saturated rings. The second kappa shape index (κ2) is 20.9. The number of Topliss-reactive ketones (excluding diaryl/α,β-unsaturated/α-hetero) is 3. The van der Waals surface area contributed by atoms with Gasteiger partial charge in [-0.1, -0.05) is 76.2 Å². The van der Waals surface area contributed by atoms with E-state index in [0.717, 1.165) is 119 Å². The number of hydrogen-bond donors (Lipinski definition) is 0. The molecule has 6 bridgehead atoms. The molecule has 9 nitrogen and oxygen atoms in total. The Hall–Kier alpha value is -5.31. The Morgan fingerprint density at radius 1 is 0.444 bits per heavy atom. The molecule has 0 heterocycles. The van der Waals surface area contributed by atoms with Crippen molar-refractivity contribution in [3.05, 3.63) is 88.0 Å². The molecule has 0 spiro atoms. The molecule has 6 unspecified atom stereocenters. The molecule has 72 heavy (non-hydrogen) atoms. The van der Waals surface area contributed by atoms with Crippen LogP contribution in [0, 0.1) is 50.2 Å². The number of benzene rings is 3. The zero-order valence-corrected chi connectivity index (χ0v) is 46.3. The Morgan fingerprint density at radius 2 is 0.792 bits per heavy atom. The molecule has 9 rings (SSSR count). The van der Waals surface area contributed by atoms with E-state index in [0.29, 0.717) is 61.5 Å². The predicted molar refractivity (Wildman–Crippen MR) is 289 cm³/mol. The molecule has 9 heteroatoms. The highest BCUT2D eigenvalue weighted by Crippen LogP contribution is 2.68. The van der Waals surface area contributed by atoms with Crippen molar-refractivity contribution in [1.29, 1.82) is 0 Å². The predicted octanol–water partition coefficient (Wildman–Crippen LogP) is 14.7. The van der Waals surface area contributed by atoms with E-state index in [-0.39, 0.29) is 32.5 Å². The van der Waals surface area contributed by atoms with Crippen molar-refractivity contribution in [1.82, 2.24) is 0 Å². The number of ketones is 3. The number of hydrogen-bond acceptors (Lipinski definition) is 9. The highest BCUT2D eigenvalue weighted by atomic mass is 16.5. The second-order valence-electron chi connectivity index (χ2n) is 23.3. The minimum Gasteiger partial charge on any atom is -0.497 e. The van der Waals surface area contributed by atoms with Gasteiger partial charge in [0.25, 0.3) is 0 Å². The lowest BCUT2D eigenvalue weighted by Gasteiger charge is -2.31. The first-order chi connectivity index (χ1) is 34.0. The zero-order chi connectivity index (χ0) is 52.6. The number of rotatable bonds is 15. The van der Waals surface area contributed by atoms with Gasteiger partial charge in [-0.15, -0.1) is 0 Å². The van der Waals surface area contributed by atoms with Gasteiger partial charge in [0.05, 0.1) is 40.6 Å². The normalized spacial score (nSPS) is 29.3.